The fraction of sp³-hybridized carbons (Fsp3) is 0.231. The summed E-state index contributed by atoms with van der Waals surface area (Å²) in [6.45, 7) is 1.96. The second-order valence-electron chi connectivity index (χ2n) is 4.75. The van der Waals surface area contributed by atoms with Crippen LogP contribution in [-0.2, 0) is 0 Å². The van der Waals surface area contributed by atoms with Gasteiger partial charge >= 0.3 is 5.69 Å². The van der Waals surface area contributed by atoms with E-state index in [1.54, 1.807) is 19.0 Å². The molecule has 0 unspecified atom stereocenters. The molecule has 0 fully saturated rings. The Balaban J connectivity index is 2.48. The van der Waals surface area contributed by atoms with Gasteiger partial charge in [-0.25, -0.2) is 0 Å². The van der Waals surface area contributed by atoms with E-state index in [1.807, 2.05) is 31.2 Å². The predicted molar refractivity (Wildman–Crippen MR) is 81.9 cm³/mol. The number of rotatable bonds is 4. The minimum atomic E-state index is -0.592. The van der Waals surface area contributed by atoms with Gasteiger partial charge in [-0.05, 0) is 19.1 Å². The zero-order valence-electron chi connectivity index (χ0n) is 12.0. The van der Waals surface area contributed by atoms with Crippen LogP contribution < -0.4 is 16.0 Å². The van der Waals surface area contributed by atoms with Crippen LogP contribution in [0.25, 0.3) is 0 Å². The van der Waals surface area contributed by atoms with Crippen LogP contribution >= 0.6 is 0 Å². The lowest BCUT2D eigenvalue weighted by molar-refractivity contribution is -0.383. The second kappa shape index (κ2) is 5.61. The number of nitrogens with two attached hydrogens (primary N) is 1. The van der Waals surface area contributed by atoms with E-state index >= 15 is 0 Å². The molecule has 0 aliphatic rings. The van der Waals surface area contributed by atoms with Gasteiger partial charge in [0.1, 0.15) is 0 Å². The van der Waals surface area contributed by atoms with Crippen molar-refractivity contribution < 1.29 is 4.92 Å². The van der Waals surface area contributed by atoms with Crippen LogP contribution in [0.1, 0.15) is 5.56 Å². The number of hydrogen-bond acceptors (Lipinski definition) is 7. The number of nitro groups is 1. The Labute approximate surface area is 121 Å². The van der Waals surface area contributed by atoms with Gasteiger partial charge < -0.3 is 16.0 Å². The van der Waals surface area contributed by atoms with Crippen molar-refractivity contribution in [1.29, 1.82) is 0 Å². The van der Waals surface area contributed by atoms with E-state index < -0.39 is 4.92 Å². The molecule has 0 saturated heterocycles. The van der Waals surface area contributed by atoms with Gasteiger partial charge in [-0.3, -0.25) is 10.1 Å². The van der Waals surface area contributed by atoms with Gasteiger partial charge in [-0.1, -0.05) is 17.7 Å². The number of aryl methyl sites for hydroxylation is 1. The summed E-state index contributed by atoms with van der Waals surface area (Å²) in [6.07, 6.45) is 0. The third-order valence-electron chi connectivity index (χ3n) is 2.80. The Kier molecular flexibility index (Phi) is 3.88. The first-order chi connectivity index (χ1) is 9.88. The van der Waals surface area contributed by atoms with Crippen LogP contribution in [0.3, 0.4) is 0 Å². The molecule has 1 aromatic heterocycles. The van der Waals surface area contributed by atoms with Crippen molar-refractivity contribution in [1.82, 2.24) is 9.97 Å². The zero-order chi connectivity index (χ0) is 15.6. The Morgan fingerprint density at radius 3 is 2.38 bits per heavy atom. The lowest BCUT2D eigenvalue weighted by Crippen LogP contribution is -2.16. The summed E-state index contributed by atoms with van der Waals surface area (Å²) in [5.41, 5.74) is 7.12. The largest absolute Gasteiger partial charge is 0.378 e. The highest BCUT2D eigenvalue weighted by Gasteiger charge is 2.23. The maximum atomic E-state index is 11.2. The molecule has 0 aliphatic heterocycles. The molecule has 0 amide bonds. The third-order valence-corrected chi connectivity index (χ3v) is 2.80. The maximum absolute atomic E-state index is 11.2. The van der Waals surface area contributed by atoms with Crippen LogP contribution in [0, 0.1) is 17.0 Å². The topological polar surface area (TPSA) is 110 Å². The van der Waals surface area contributed by atoms with Crippen molar-refractivity contribution in [3.05, 3.63) is 39.9 Å². The van der Waals surface area contributed by atoms with E-state index in [0.29, 0.717) is 11.6 Å². The summed E-state index contributed by atoms with van der Waals surface area (Å²) in [6, 6.07) is 7.41. The summed E-state index contributed by atoms with van der Waals surface area (Å²) in [5, 5.41) is 14.1. The predicted octanol–water partition coefficient (Wildman–Crippen LogP) is 2.09. The normalized spacial score (nSPS) is 10.2. The molecule has 8 nitrogen and oxygen atoms in total. The van der Waals surface area contributed by atoms with Crippen molar-refractivity contribution in [3.63, 3.8) is 0 Å². The number of nitrogens with zero attached hydrogens (tertiary/aromatic N) is 4. The Morgan fingerprint density at radius 2 is 1.86 bits per heavy atom. The molecule has 0 bridgehead atoms. The van der Waals surface area contributed by atoms with Crippen molar-refractivity contribution >= 4 is 29.0 Å². The van der Waals surface area contributed by atoms with Gasteiger partial charge in [-0.2, -0.15) is 9.97 Å². The average Bonchev–Trinajstić information content (AvgIpc) is 2.40. The molecule has 0 saturated carbocycles. The highest BCUT2D eigenvalue weighted by atomic mass is 16.6. The molecule has 0 radical (unpaired) electrons. The third kappa shape index (κ3) is 3.16. The van der Waals surface area contributed by atoms with Crippen LogP contribution in [-0.4, -0.2) is 29.0 Å². The first-order valence-corrected chi connectivity index (χ1v) is 6.21. The molecular weight excluding hydrogens is 272 g/mol. The van der Waals surface area contributed by atoms with E-state index in [0.717, 1.165) is 5.56 Å². The highest BCUT2D eigenvalue weighted by Crippen LogP contribution is 2.31. The molecule has 8 heteroatoms. The van der Waals surface area contributed by atoms with Crippen LogP contribution in [0.15, 0.2) is 24.3 Å². The molecule has 2 rings (SSSR count). The summed E-state index contributed by atoms with van der Waals surface area (Å²) in [5.74, 6) is 0.195. The number of anilines is 4. The summed E-state index contributed by atoms with van der Waals surface area (Å²) >= 11 is 0. The van der Waals surface area contributed by atoms with Crippen molar-refractivity contribution in [2.75, 3.05) is 30.0 Å². The van der Waals surface area contributed by atoms with Crippen molar-refractivity contribution in [3.8, 4) is 0 Å². The second-order valence-corrected chi connectivity index (χ2v) is 4.75. The lowest BCUT2D eigenvalue weighted by Gasteiger charge is -2.13. The molecule has 0 spiro atoms. The Hall–Kier alpha value is -2.90. The molecule has 2 aromatic rings. The molecule has 1 aromatic carbocycles. The summed E-state index contributed by atoms with van der Waals surface area (Å²) in [4.78, 5) is 20.3. The van der Waals surface area contributed by atoms with E-state index in [1.165, 1.54) is 0 Å². The van der Waals surface area contributed by atoms with Crippen LogP contribution in [0.5, 0.6) is 0 Å². The van der Waals surface area contributed by atoms with Gasteiger partial charge in [0.15, 0.2) is 0 Å². The van der Waals surface area contributed by atoms with Crippen LogP contribution in [0.4, 0.5) is 29.0 Å². The maximum Gasteiger partial charge on any atom is 0.353 e. The zero-order valence-corrected chi connectivity index (χ0v) is 12.0. The lowest BCUT2D eigenvalue weighted by atomic mass is 10.2. The van der Waals surface area contributed by atoms with E-state index in [4.69, 9.17) is 5.73 Å². The van der Waals surface area contributed by atoms with Gasteiger partial charge in [0.2, 0.25) is 17.6 Å². The summed E-state index contributed by atoms with van der Waals surface area (Å²) in [7, 11) is 3.46. The molecule has 1 heterocycles. The molecule has 21 heavy (non-hydrogen) atoms. The van der Waals surface area contributed by atoms with E-state index in [2.05, 4.69) is 15.3 Å². The fourth-order valence-electron chi connectivity index (χ4n) is 1.70. The van der Waals surface area contributed by atoms with Gasteiger partial charge in [0, 0.05) is 19.8 Å². The van der Waals surface area contributed by atoms with Gasteiger partial charge in [0.25, 0.3) is 0 Å². The van der Waals surface area contributed by atoms with E-state index in [9.17, 15) is 10.1 Å². The number of aromatic nitrogens is 2. The number of nitrogen functional groups attached to an aromatic ring is 1. The molecule has 110 valence electrons. The monoisotopic (exact) mass is 288 g/mol. The summed E-state index contributed by atoms with van der Waals surface area (Å²) < 4.78 is 0. The van der Waals surface area contributed by atoms with Gasteiger partial charge in [-0.15, -0.1) is 0 Å². The minimum absolute atomic E-state index is 0.0695. The standard InChI is InChI=1S/C13H16N6O2/c1-8-4-6-9(7-5-8)15-12-10(19(20)21)11(14)16-13(17-12)18(2)3/h4-7H,1-3H3,(H3,14,15,16,17). The molecule has 0 aliphatic carbocycles. The minimum Gasteiger partial charge on any atom is -0.378 e. The Bertz CT molecular complexity index is 669. The first kappa shape index (κ1) is 14.5. The SMILES string of the molecule is Cc1ccc(Nc2nc(N(C)C)nc(N)c2[N+](=O)[O-])cc1. The average molecular weight is 288 g/mol. The number of benzene rings is 1. The number of nitrogens with one attached hydrogen (secondary N) is 1. The quantitative estimate of drug-likeness (QED) is 0.654. The van der Waals surface area contributed by atoms with E-state index in [-0.39, 0.29) is 17.3 Å². The smallest absolute Gasteiger partial charge is 0.353 e. The molecular formula is C13H16N6O2. The van der Waals surface area contributed by atoms with Crippen LogP contribution in [0.2, 0.25) is 0 Å². The van der Waals surface area contributed by atoms with Gasteiger partial charge in [0.05, 0.1) is 4.92 Å². The first-order valence-electron chi connectivity index (χ1n) is 6.21. The fourth-order valence-corrected chi connectivity index (χ4v) is 1.70. The highest BCUT2D eigenvalue weighted by molar-refractivity contribution is 5.74. The Morgan fingerprint density at radius 1 is 1.24 bits per heavy atom. The van der Waals surface area contributed by atoms with Crippen molar-refractivity contribution in [2.45, 2.75) is 6.92 Å². The number of hydrogen-bond donors (Lipinski definition) is 2. The molecule has 3 N–H and O–H groups in total. The molecule has 0 atom stereocenters. The van der Waals surface area contributed by atoms with Crippen molar-refractivity contribution in [2.24, 2.45) is 0 Å².